The molecule has 0 unspecified atom stereocenters. The van der Waals surface area contributed by atoms with E-state index in [1.54, 1.807) is 6.07 Å². The molecule has 2 aliphatic rings. The highest BCUT2D eigenvalue weighted by Crippen LogP contribution is 2.42. The highest BCUT2D eigenvalue weighted by atomic mass is 16.5. The first-order valence-electron chi connectivity index (χ1n) is 8.50. The smallest absolute Gasteiger partial charge is 0.169 e. The van der Waals surface area contributed by atoms with Crippen molar-refractivity contribution in [2.75, 3.05) is 0 Å². The summed E-state index contributed by atoms with van der Waals surface area (Å²) < 4.78 is 11.9. The van der Waals surface area contributed by atoms with Gasteiger partial charge in [-0.2, -0.15) is 0 Å². The Bertz CT molecular complexity index is 917. The molecule has 2 heterocycles. The van der Waals surface area contributed by atoms with Crippen LogP contribution in [0, 0.1) is 0 Å². The summed E-state index contributed by atoms with van der Waals surface area (Å²) in [6.07, 6.45) is 8.16. The first kappa shape index (κ1) is 15.8. The molecule has 3 heteroatoms. The maximum Gasteiger partial charge on any atom is 0.169 e. The number of phenolic OH excluding ortho intramolecular Hbond substituents is 1. The molecule has 0 amide bonds. The quantitative estimate of drug-likeness (QED) is 0.756. The number of benzene rings is 2. The van der Waals surface area contributed by atoms with E-state index in [4.69, 9.17) is 9.47 Å². The van der Waals surface area contributed by atoms with Crippen molar-refractivity contribution in [3.63, 3.8) is 0 Å². The third-order valence-electron chi connectivity index (χ3n) is 4.51. The summed E-state index contributed by atoms with van der Waals surface area (Å²) in [7, 11) is 0. The molecule has 0 bridgehead atoms. The van der Waals surface area contributed by atoms with Crippen LogP contribution in [0.25, 0.3) is 23.3 Å². The van der Waals surface area contributed by atoms with Crippen LogP contribution in [0.5, 0.6) is 17.2 Å². The van der Waals surface area contributed by atoms with E-state index in [2.05, 4.69) is 18.2 Å². The normalized spacial score (nSPS) is 18.7. The summed E-state index contributed by atoms with van der Waals surface area (Å²) in [5, 5.41) is 10.4. The number of hydrogen-bond acceptors (Lipinski definition) is 3. The van der Waals surface area contributed by atoms with Crippen LogP contribution >= 0.6 is 0 Å². The van der Waals surface area contributed by atoms with Crippen molar-refractivity contribution in [2.45, 2.75) is 38.9 Å². The zero-order valence-electron chi connectivity index (χ0n) is 15.0. The third kappa shape index (κ3) is 2.91. The lowest BCUT2D eigenvalue weighted by atomic mass is 9.95. The molecule has 0 spiro atoms. The summed E-state index contributed by atoms with van der Waals surface area (Å²) in [4.78, 5) is 0. The van der Waals surface area contributed by atoms with E-state index in [0.29, 0.717) is 5.75 Å². The lowest BCUT2D eigenvalue weighted by Crippen LogP contribution is -2.27. The molecule has 2 aliphatic heterocycles. The van der Waals surface area contributed by atoms with Crippen LogP contribution < -0.4 is 9.47 Å². The first-order valence-corrected chi connectivity index (χ1v) is 8.50. The van der Waals surface area contributed by atoms with Gasteiger partial charge in [-0.05, 0) is 75.2 Å². The highest BCUT2D eigenvalue weighted by molar-refractivity contribution is 5.78. The predicted molar refractivity (Wildman–Crippen MR) is 101 cm³/mol. The number of ether oxygens (including phenoxy) is 2. The van der Waals surface area contributed by atoms with Gasteiger partial charge in [0.2, 0.25) is 0 Å². The van der Waals surface area contributed by atoms with Crippen LogP contribution in [-0.4, -0.2) is 16.3 Å². The van der Waals surface area contributed by atoms with Crippen LogP contribution in [-0.2, 0) is 0 Å². The van der Waals surface area contributed by atoms with Crippen LogP contribution in [0.3, 0.4) is 0 Å². The molecule has 0 saturated carbocycles. The molecule has 0 aliphatic carbocycles. The average molecular weight is 334 g/mol. The van der Waals surface area contributed by atoms with Crippen molar-refractivity contribution in [3.8, 4) is 28.4 Å². The average Bonchev–Trinajstić information content (AvgIpc) is 2.53. The Balaban J connectivity index is 1.76. The molecule has 3 nitrogen and oxygen atoms in total. The largest absolute Gasteiger partial charge is 0.504 e. The lowest BCUT2D eigenvalue weighted by molar-refractivity contribution is 0.153. The van der Waals surface area contributed by atoms with Crippen molar-refractivity contribution in [3.05, 3.63) is 53.6 Å². The van der Waals surface area contributed by atoms with Gasteiger partial charge in [-0.3, -0.25) is 0 Å². The zero-order valence-corrected chi connectivity index (χ0v) is 15.0. The topological polar surface area (TPSA) is 38.7 Å². The van der Waals surface area contributed by atoms with Gasteiger partial charge in [0.15, 0.2) is 11.5 Å². The molecule has 128 valence electrons. The van der Waals surface area contributed by atoms with Crippen LogP contribution in [0.2, 0.25) is 0 Å². The Kier molecular flexibility index (Phi) is 3.26. The molecule has 1 N–H and O–H groups in total. The van der Waals surface area contributed by atoms with Gasteiger partial charge < -0.3 is 14.6 Å². The summed E-state index contributed by atoms with van der Waals surface area (Å²) >= 11 is 0. The molecule has 0 radical (unpaired) electrons. The Hall–Kier alpha value is -2.68. The van der Waals surface area contributed by atoms with E-state index in [-0.39, 0.29) is 11.4 Å². The Morgan fingerprint density at radius 1 is 0.760 bits per heavy atom. The van der Waals surface area contributed by atoms with Crippen LogP contribution in [0.4, 0.5) is 0 Å². The number of fused-ring (bicyclic) bond motifs is 2. The SMILES string of the molecule is CC1(C)C=Cc2cc(-c3cc(O)c4c(c3)C=CC(C)(C)O4)ccc2O1. The maximum atomic E-state index is 10.4. The van der Waals surface area contributed by atoms with Gasteiger partial charge in [0.05, 0.1) is 0 Å². The van der Waals surface area contributed by atoms with Gasteiger partial charge in [0, 0.05) is 11.1 Å². The van der Waals surface area contributed by atoms with Gasteiger partial charge in [-0.1, -0.05) is 18.2 Å². The molecule has 4 rings (SSSR count). The second-order valence-electron chi connectivity index (χ2n) is 7.74. The van der Waals surface area contributed by atoms with Gasteiger partial charge in [0.1, 0.15) is 17.0 Å². The minimum Gasteiger partial charge on any atom is -0.504 e. The van der Waals surface area contributed by atoms with E-state index in [0.717, 1.165) is 28.0 Å². The van der Waals surface area contributed by atoms with Gasteiger partial charge >= 0.3 is 0 Å². The molecule has 0 fully saturated rings. The van der Waals surface area contributed by atoms with Crippen molar-refractivity contribution in [2.24, 2.45) is 0 Å². The van der Waals surface area contributed by atoms with Crippen LogP contribution in [0.1, 0.15) is 38.8 Å². The van der Waals surface area contributed by atoms with Crippen molar-refractivity contribution in [1.82, 2.24) is 0 Å². The summed E-state index contributed by atoms with van der Waals surface area (Å²) in [5.41, 5.74) is 3.22. The Labute approximate surface area is 148 Å². The number of rotatable bonds is 1. The molecule has 0 saturated heterocycles. The molecule has 0 aromatic heterocycles. The summed E-state index contributed by atoms with van der Waals surface area (Å²) in [6.45, 7) is 8.01. The van der Waals surface area contributed by atoms with Crippen molar-refractivity contribution < 1.29 is 14.6 Å². The minimum absolute atomic E-state index is 0.163. The molecule has 2 aromatic carbocycles. The van der Waals surface area contributed by atoms with Crippen molar-refractivity contribution >= 4 is 12.2 Å². The van der Waals surface area contributed by atoms with Gasteiger partial charge in [-0.15, -0.1) is 0 Å². The minimum atomic E-state index is -0.410. The Morgan fingerprint density at radius 3 is 2.16 bits per heavy atom. The molecule has 25 heavy (non-hydrogen) atoms. The lowest BCUT2D eigenvalue weighted by Gasteiger charge is -2.29. The summed E-state index contributed by atoms with van der Waals surface area (Å²) in [6, 6.07) is 9.89. The third-order valence-corrected chi connectivity index (χ3v) is 4.51. The second-order valence-corrected chi connectivity index (χ2v) is 7.74. The van der Waals surface area contributed by atoms with E-state index in [1.807, 2.05) is 58.0 Å². The van der Waals surface area contributed by atoms with Gasteiger partial charge in [-0.25, -0.2) is 0 Å². The summed E-state index contributed by atoms with van der Waals surface area (Å²) in [5.74, 6) is 1.58. The monoisotopic (exact) mass is 334 g/mol. The predicted octanol–water partition coefficient (Wildman–Crippen LogP) is 5.43. The number of phenols is 1. The fraction of sp³-hybridized carbons (Fsp3) is 0.273. The Morgan fingerprint density at radius 2 is 1.40 bits per heavy atom. The van der Waals surface area contributed by atoms with E-state index in [1.165, 1.54) is 0 Å². The second kappa shape index (κ2) is 5.16. The molecular formula is C22H22O3. The standard InChI is InChI=1S/C22H22O3/c1-21(2)9-7-15-11-14(5-6-19(15)24-21)17-12-16-8-10-22(3,4)25-20(16)18(23)13-17/h5-13,23H,1-4H3. The fourth-order valence-corrected chi connectivity index (χ4v) is 3.18. The van der Waals surface area contributed by atoms with E-state index < -0.39 is 5.60 Å². The molecule has 2 aromatic rings. The maximum absolute atomic E-state index is 10.4. The van der Waals surface area contributed by atoms with Crippen LogP contribution in [0.15, 0.2) is 42.5 Å². The molecule has 0 atom stereocenters. The van der Waals surface area contributed by atoms with Crippen molar-refractivity contribution in [1.29, 1.82) is 0 Å². The number of aromatic hydroxyl groups is 1. The number of hydrogen-bond donors (Lipinski definition) is 1. The van der Waals surface area contributed by atoms with Gasteiger partial charge in [0.25, 0.3) is 0 Å². The molecular weight excluding hydrogens is 312 g/mol. The highest BCUT2D eigenvalue weighted by Gasteiger charge is 2.25. The fourth-order valence-electron chi connectivity index (χ4n) is 3.18. The van der Waals surface area contributed by atoms with E-state index >= 15 is 0 Å². The zero-order chi connectivity index (χ0) is 17.8. The first-order chi connectivity index (χ1) is 11.7. The van der Waals surface area contributed by atoms with E-state index in [9.17, 15) is 5.11 Å².